The van der Waals surface area contributed by atoms with Gasteiger partial charge in [-0.05, 0) is 42.7 Å². The van der Waals surface area contributed by atoms with Crippen molar-refractivity contribution in [3.05, 3.63) is 90.0 Å². The summed E-state index contributed by atoms with van der Waals surface area (Å²) in [6.07, 6.45) is 3.61. The number of nitrogens with one attached hydrogen (secondary N) is 2. The van der Waals surface area contributed by atoms with Gasteiger partial charge in [0.15, 0.2) is 0 Å². The third-order valence-electron chi connectivity index (χ3n) is 3.93. The molecule has 0 saturated carbocycles. The lowest BCUT2D eigenvalue weighted by Crippen LogP contribution is -2.14. The lowest BCUT2D eigenvalue weighted by Gasteiger charge is -2.08. The minimum Gasteiger partial charge on any atom is -0.384 e. The summed E-state index contributed by atoms with van der Waals surface area (Å²) in [5.41, 5.74) is 2.54. The molecule has 132 valence electrons. The van der Waals surface area contributed by atoms with E-state index in [9.17, 15) is 9.18 Å². The Kier molecular flexibility index (Phi) is 5.93. The average molecular weight is 349 g/mol. The number of carbonyl (C=O) groups excluding carboxylic acids is 1. The van der Waals surface area contributed by atoms with Gasteiger partial charge in [0.2, 0.25) is 0 Å². The van der Waals surface area contributed by atoms with Crippen LogP contribution in [0.15, 0.2) is 72.9 Å². The lowest BCUT2D eigenvalue weighted by molar-refractivity contribution is 0.102. The molecular weight excluding hydrogens is 329 g/mol. The molecule has 26 heavy (non-hydrogen) atoms. The van der Waals surface area contributed by atoms with Gasteiger partial charge in [-0.15, -0.1) is 0 Å². The first kappa shape index (κ1) is 17.6. The summed E-state index contributed by atoms with van der Waals surface area (Å²) >= 11 is 0. The van der Waals surface area contributed by atoms with Crippen LogP contribution >= 0.6 is 0 Å². The Labute approximate surface area is 152 Å². The molecule has 0 unspecified atom stereocenters. The maximum atomic E-state index is 13.6. The van der Waals surface area contributed by atoms with Crippen molar-refractivity contribution in [1.82, 2.24) is 4.98 Å². The highest BCUT2D eigenvalue weighted by atomic mass is 19.1. The maximum absolute atomic E-state index is 13.6. The Bertz CT molecular complexity index is 851. The van der Waals surface area contributed by atoms with Gasteiger partial charge >= 0.3 is 0 Å². The monoisotopic (exact) mass is 349 g/mol. The van der Waals surface area contributed by atoms with Crippen molar-refractivity contribution in [2.24, 2.45) is 0 Å². The van der Waals surface area contributed by atoms with Gasteiger partial charge in [0.25, 0.3) is 5.91 Å². The van der Waals surface area contributed by atoms with Crippen molar-refractivity contribution in [2.45, 2.75) is 12.8 Å². The molecule has 0 aliphatic rings. The molecule has 1 amide bonds. The third-order valence-corrected chi connectivity index (χ3v) is 3.93. The Balaban J connectivity index is 1.48. The highest BCUT2D eigenvalue weighted by Gasteiger charge is 2.10. The quantitative estimate of drug-likeness (QED) is 0.617. The van der Waals surface area contributed by atoms with E-state index in [1.54, 1.807) is 30.5 Å². The Morgan fingerprint density at radius 1 is 0.962 bits per heavy atom. The van der Waals surface area contributed by atoms with E-state index in [2.05, 4.69) is 27.8 Å². The van der Waals surface area contributed by atoms with Gasteiger partial charge in [0, 0.05) is 6.54 Å². The number of carbonyl (C=O) groups is 1. The molecule has 1 heterocycles. The standard InChI is InChI=1S/C21H20FN3O/c22-18-10-4-5-11-19(18)25-21(26)20-13-12-17(15-24-20)23-14-6-9-16-7-2-1-3-8-16/h1-5,7-8,10-13,15,23H,6,9,14H2,(H,25,26). The van der Waals surface area contributed by atoms with Crippen LogP contribution in [0.4, 0.5) is 15.8 Å². The molecule has 0 radical (unpaired) electrons. The summed E-state index contributed by atoms with van der Waals surface area (Å²) in [7, 11) is 0. The van der Waals surface area contributed by atoms with Crippen LogP contribution in [0.1, 0.15) is 22.5 Å². The van der Waals surface area contributed by atoms with Gasteiger partial charge < -0.3 is 10.6 Å². The van der Waals surface area contributed by atoms with Gasteiger partial charge in [-0.2, -0.15) is 0 Å². The van der Waals surface area contributed by atoms with E-state index in [1.165, 1.54) is 17.7 Å². The molecule has 3 rings (SSSR count). The average Bonchev–Trinajstić information content (AvgIpc) is 2.68. The second-order valence-corrected chi connectivity index (χ2v) is 5.88. The summed E-state index contributed by atoms with van der Waals surface area (Å²) < 4.78 is 13.6. The van der Waals surface area contributed by atoms with Crippen LogP contribution in [0.5, 0.6) is 0 Å². The van der Waals surface area contributed by atoms with Crippen LogP contribution < -0.4 is 10.6 Å². The molecule has 0 saturated heterocycles. The highest BCUT2D eigenvalue weighted by Crippen LogP contribution is 2.14. The molecule has 0 atom stereocenters. The zero-order valence-corrected chi connectivity index (χ0v) is 14.3. The zero-order chi connectivity index (χ0) is 18.2. The van der Waals surface area contributed by atoms with Crippen molar-refractivity contribution in [3.63, 3.8) is 0 Å². The van der Waals surface area contributed by atoms with Crippen LogP contribution in [0, 0.1) is 5.82 Å². The summed E-state index contributed by atoms with van der Waals surface area (Å²) in [5, 5.41) is 5.81. The molecule has 0 aliphatic heterocycles. The van der Waals surface area contributed by atoms with Crippen molar-refractivity contribution in [3.8, 4) is 0 Å². The van der Waals surface area contributed by atoms with E-state index in [1.807, 2.05) is 18.2 Å². The fourth-order valence-electron chi connectivity index (χ4n) is 2.55. The number of amides is 1. The predicted octanol–water partition coefficient (Wildman–Crippen LogP) is 4.52. The molecule has 0 bridgehead atoms. The van der Waals surface area contributed by atoms with Gasteiger partial charge in [-0.3, -0.25) is 4.79 Å². The number of rotatable bonds is 7. The van der Waals surface area contributed by atoms with Gasteiger partial charge in [-0.1, -0.05) is 42.5 Å². The Hall–Kier alpha value is -3.21. The van der Waals surface area contributed by atoms with E-state index in [4.69, 9.17) is 0 Å². The summed E-state index contributed by atoms with van der Waals surface area (Å²) in [4.78, 5) is 16.3. The smallest absolute Gasteiger partial charge is 0.274 e. The first-order chi connectivity index (χ1) is 12.7. The van der Waals surface area contributed by atoms with Crippen molar-refractivity contribution in [1.29, 1.82) is 0 Å². The van der Waals surface area contributed by atoms with E-state index in [0.29, 0.717) is 0 Å². The molecule has 0 spiro atoms. The number of benzene rings is 2. The van der Waals surface area contributed by atoms with Crippen molar-refractivity contribution < 1.29 is 9.18 Å². The first-order valence-electron chi connectivity index (χ1n) is 8.52. The minimum absolute atomic E-state index is 0.141. The number of hydrogen-bond acceptors (Lipinski definition) is 3. The molecule has 5 heteroatoms. The maximum Gasteiger partial charge on any atom is 0.274 e. The molecular formula is C21H20FN3O. The second-order valence-electron chi connectivity index (χ2n) is 5.88. The van der Waals surface area contributed by atoms with Crippen LogP contribution in [0.2, 0.25) is 0 Å². The van der Waals surface area contributed by atoms with Crippen LogP contribution in [-0.4, -0.2) is 17.4 Å². The number of hydrogen-bond donors (Lipinski definition) is 2. The van der Waals surface area contributed by atoms with Gasteiger partial charge in [0.1, 0.15) is 11.5 Å². The number of halogens is 1. The van der Waals surface area contributed by atoms with Crippen molar-refractivity contribution in [2.75, 3.05) is 17.2 Å². The second kappa shape index (κ2) is 8.76. The number of pyridine rings is 1. The molecule has 2 aromatic carbocycles. The van der Waals surface area contributed by atoms with Crippen LogP contribution in [0.25, 0.3) is 0 Å². The van der Waals surface area contributed by atoms with E-state index in [-0.39, 0.29) is 11.4 Å². The lowest BCUT2D eigenvalue weighted by atomic mass is 10.1. The van der Waals surface area contributed by atoms with Crippen molar-refractivity contribution >= 4 is 17.3 Å². The summed E-state index contributed by atoms with van der Waals surface area (Å²) in [5.74, 6) is -0.914. The van der Waals surface area contributed by atoms with Crippen LogP contribution in [-0.2, 0) is 6.42 Å². The number of aromatic nitrogens is 1. The summed E-state index contributed by atoms with van der Waals surface area (Å²) in [6.45, 7) is 0.817. The SMILES string of the molecule is O=C(Nc1ccccc1F)c1ccc(NCCCc2ccccc2)cn1. The fourth-order valence-corrected chi connectivity index (χ4v) is 2.55. The van der Waals surface area contributed by atoms with E-state index >= 15 is 0 Å². The number of anilines is 2. The largest absolute Gasteiger partial charge is 0.384 e. The molecule has 3 aromatic rings. The predicted molar refractivity (Wildman–Crippen MR) is 102 cm³/mol. The van der Waals surface area contributed by atoms with Crippen LogP contribution in [0.3, 0.4) is 0 Å². The van der Waals surface area contributed by atoms with E-state index in [0.717, 1.165) is 25.1 Å². The number of para-hydroxylation sites is 1. The first-order valence-corrected chi connectivity index (χ1v) is 8.52. The van der Waals surface area contributed by atoms with Gasteiger partial charge in [0.05, 0.1) is 17.6 Å². The Morgan fingerprint density at radius 2 is 1.73 bits per heavy atom. The molecule has 4 nitrogen and oxygen atoms in total. The zero-order valence-electron chi connectivity index (χ0n) is 14.3. The fraction of sp³-hybridized carbons (Fsp3) is 0.143. The molecule has 0 aliphatic carbocycles. The third kappa shape index (κ3) is 4.89. The normalized spacial score (nSPS) is 10.3. The van der Waals surface area contributed by atoms with E-state index < -0.39 is 11.7 Å². The highest BCUT2D eigenvalue weighted by molar-refractivity contribution is 6.03. The molecule has 2 N–H and O–H groups in total. The number of aryl methyl sites for hydroxylation is 1. The number of nitrogens with zero attached hydrogens (tertiary/aromatic N) is 1. The minimum atomic E-state index is -0.474. The molecule has 1 aromatic heterocycles. The summed E-state index contributed by atoms with van der Waals surface area (Å²) in [6, 6.07) is 19.8. The topological polar surface area (TPSA) is 54.0 Å². The molecule has 0 fully saturated rings. The Morgan fingerprint density at radius 3 is 2.46 bits per heavy atom. The van der Waals surface area contributed by atoms with Gasteiger partial charge in [-0.25, -0.2) is 9.37 Å².